The number of fused-ring (bicyclic) bond motifs is 1. The quantitative estimate of drug-likeness (QED) is 0.734. The third kappa shape index (κ3) is 2.74. The molecule has 3 nitrogen and oxygen atoms in total. The molecule has 3 N–H and O–H groups in total. The Bertz CT molecular complexity index is 352. The standard InChI is InChI=1S/C13H20N2O/c1-10-3-4-13-11(7-10)8-12(16-13)9-15-6-2-5-14/h3-4,7,12,15H,2,5-6,8-9,14H2,1H3. The first-order valence-corrected chi connectivity index (χ1v) is 5.96. The number of ether oxygens (including phenoxy) is 1. The van der Waals surface area contributed by atoms with Crippen LogP contribution in [0.25, 0.3) is 0 Å². The van der Waals surface area contributed by atoms with Crippen LogP contribution in [0, 0.1) is 6.92 Å². The zero-order valence-electron chi connectivity index (χ0n) is 9.83. The second kappa shape index (κ2) is 5.32. The molecule has 0 bridgehead atoms. The van der Waals surface area contributed by atoms with Gasteiger partial charge in [0.2, 0.25) is 0 Å². The van der Waals surface area contributed by atoms with Gasteiger partial charge < -0.3 is 15.8 Å². The summed E-state index contributed by atoms with van der Waals surface area (Å²) in [5.41, 5.74) is 8.08. The van der Waals surface area contributed by atoms with Gasteiger partial charge in [0.25, 0.3) is 0 Å². The Morgan fingerprint density at radius 3 is 3.19 bits per heavy atom. The lowest BCUT2D eigenvalue weighted by atomic mass is 10.1. The average Bonchev–Trinajstić information content (AvgIpc) is 2.66. The predicted octanol–water partition coefficient (Wildman–Crippen LogP) is 1.24. The minimum atomic E-state index is 0.287. The van der Waals surface area contributed by atoms with Crippen LogP contribution in [0.4, 0.5) is 0 Å². The summed E-state index contributed by atoms with van der Waals surface area (Å²) in [6.07, 6.45) is 2.33. The van der Waals surface area contributed by atoms with Gasteiger partial charge in [0.15, 0.2) is 0 Å². The number of hydrogen-bond acceptors (Lipinski definition) is 3. The van der Waals surface area contributed by atoms with Crippen molar-refractivity contribution in [1.29, 1.82) is 0 Å². The minimum Gasteiger partial charge on any atom is -0.488 e. The smallest absolute Gasteiger partial charge is 0.123 e. The van der Waals surface area contributed by atoms with Crippen molar-refractivity contribution in [3.8, 4) is 5.75 Å². The molecular weight excluding hydrogens is 200 g/mol. The lowest BCUT2D eigenvalue weighted by Gasteiger charge is -2.11. The molecule has 1 aromatic rings. The van der Waals surface area contributed by atoms with Crippen molar-refractivity contribution < 1.29 is 4.74 Å². The van der Waals surface area contributed by atoms with Crippen LogP contribution in [0.5, 0.6) is 5.75 Å². The van der Waals surface area contributed by atoms with Crippen molar-refractivity contribution in [1.82, 2.24) is 5.32 Å². The molecule has 1 aliphatic rings. The van der Waals surface area contributed by atoms with E-state index in [-0.39, 0.29) is 6.10 Å². The molecule has 0 saturated carbocycles. The molecule has 2 rings (SSSR count). The molecule has 1 unspecified atom stereocenters. The van der Waals surface area contributed by atoms with Crippen LogP contribution in [0.2, 0.25) is 0 Å². The molecule has 1 aliphatic heterocycles. The molecule has 1 atom stereocenters. The van der Waals surface area contributed by atoms with E-state index >= 15 is 0 Å². The van der Waals surface area contributed by atoms with E-state index in [2.05, 4.69) is 30.4 Å². The maximum absolute atomic E-state index is 5.85. The Morgan fingerprint density at radius 2 is 2.38 bits per heavy atom. The Kier molecular flexibility index (Phi) is 3.80. The van der Waals surface area contributed by atoms with Crippen molar-refractivity contribution in [2.24, 2.45) is 5.73 Å². The zero-order valence-corrected chi connectivity index (χ0v) is 9.83. The monoisotopic (exact) mass is 220 g/mol. The van der Waals surface area contributed by atoms with Crippen molar-refractivity contribution in [2.45, 2.75) is 25.9 Å². The molecule has 1 aromatic carbocycles. The summed E-state index contributed by atoms with van der Waals surface area (Å²) < 4.78 is 5.85. The van der Waals surface area contributed by atoms with Gasteiger partial charge in [-0.3, -0.25) is 0 Å². The zero-order chi connectivity index (χ0) is 11.4. The molecule has 0 spiro atoms. The van der Waals surface area contributed by atoms with E-state index in [1.165, 1.54) is 11.1 Å². The maximum atomic E-state index is 5.85. The van der Waals surface area contributed by atoms with Crippen LogP contribution < -0.4 is 15.8 Å². The first-order chi connectivity index (χ1) is 7.79. The lowest BCUT2D eigenvalue weighted by Crippen LogP contribution is -2.31. The van der Waals surface area contributed by atoms with Crippen LogP contribution in [0.3, 0.4) is 0 Å². The summed E-state index contributed by atoms with van der Waals surface area (Å²) in [6, 6.07) is 6.39. The van der Waals surface area contributed by atoms with E-state index < -0.39 is 0 Å². The van der Waals surface area contributed by atoms with Gasteiger partial charge in [-0.2, -0.15) is 0 Å². The highest BCUT2D eigenvalue weighted by Crippen LogP contribution is 2.29. The molecule has 1 heterocycles. The van der Waals surface area contributed by atoms with Gasteiger partial charge in [-0.25, -0.2) is 0 Å². The summed E-state index contributed by atoms with van der Waals surface area (Å²) >= 11 is 0. The highest BCUT2D eigenvalue weighted by atomic mass is 16.5. The minimum absolute atomic E-state index is 0.287. The number of aryl methyl sites for hydroxylation is 1. The van der Waals surface area contributed by atoms with E-state index in [9.17, 15) is 0 Å². The maximum Gasteiger partial charge on any atom is 0.123 e. The molecule has 3 heteroatoms. The molecule has 0 radical (unpaired) electrons. The number of benzene rings is 1. The van der Waals surface area contributed by atoms with E-state index in [0.29, 0.717) is 0 Å². The van der Waals surface area contributed by atoms with Gasteiger partial charge >= 0.3 is 0 Å². The highest BCUT2D eigenvalue weighted by molar-refractivity contribution is 5.40. The third-order valence-corrected chi connectivity index (χ3v) is 2.89. The van der Waals surface area contributed by atoms with Gasteiger partial charge in [-0.15, -0.1) is 0 Å². The molecule has 88 valence electrons. The normalized spacial score (nSPS) is 18.2. The van der Waals surface area contributed by atoms with Crippen LogP contribution in [-0.4, -0.2) is 25.7 Å². The fourth-order valence-electron chi connectivity index (χ4n) is 2.05. The molecule has 0 aromatic heterocycles. The van der Waals surface area contributed by atoms with Crippen LogP contribution in [0.15, 0.2) is 18.2 Å². The van der Waals surface area contributed by atoms with Crippen molar-refractivity contribution in [2.75, 3.05) is 19.6 Å². The fraction of sp³-hybridized carbons (Fsp3) is 0.538. The van der Waals surface area contributed by atoms with Crippen LogP contribution in [-0.2, 0) is 6.42 Å². The van der Waals surface area contributed by atoms with Crippen molar-refractivity contribution in [3.63, 3.8) is 0 Å². The Hall–Kier alpha value is -1.06. The van der Waals surface area contributed by atoms with Gasteiger partial charge in [-0.1, -0.05) is 17.7 Å². The Balaban J connectivity index is 1.81. The average molecular weight is 220 g/mol. The Labute approximate surface area is 97.0 Å². The second-order valence-electron chi connectivity index (χ2n) is 4.40. The summed E-state index contributed by atoms with van der Waals surface area (Å²) in [5.74, 6) is 1.05. The first kappa shape index (κ1) is 11.4. The van der Waals surface area contributed by atoms with Crippen LogP contribution >= 0.6 is 0 Å². The Morgan fingerprint density at radius 1 is 1.50 bits per heavy atom. The second-order valence-corrected chi connectivity index (χ2v) is 4.40. The molecule has 0 amide bonds. The van der Waals surface area contributed by atoms with E-state index in [1.54, 1.807) is 0 Å². The molecule has 0 saturated heterocycles. The van der Waals surface area contributed by atoms with Gasteiger partial charge in [0.05, 0.1) is 0 Å². The highest BCUT2D eigenvalue weighted by Gasteiger charge is 2.21. The lowest BCUT2D eigenvalue weighted by molar-refractivity contribution is 0.228. The number of nitrogens with two attached hydrogens (primary N) is 1. The molecule has 0 aliphatic carbocycles. The summed E-state index contributed by atoms with van der Waals surface area (Å²) in [7, 11) is 0. The molecule has 0 fully saturated rings. The van der Waals surface area contributed by atoms with Crippen LogP contribution in [0.1, 0.15) is 17.5 Å². The predicted molar refractivity (Wildman–Crippen MR) is 65.8 cm³/mol. The summed E-state index contributed by atoms with van der Waals surface area (Å²) in [5, 5.41) is 3.37. The topological polar surface area (TPSA) is 47.3 Å². The van der Waals surface area contributed by atoms with E-state index in [0.717, 1.165) is 38.2 Å². The first-order valence-electron chi connectivity index (χ1n) is 5.96. The number of rotatable bonds is 5. The van der Waals surface area contributed by atoms with Crippen molar-refractivity contribution >= 4 is 0 Å². The summed E-state index contributed by atoms with van der Waals surface area (Å²) in [4.78, 5) is 0. The van der Waals surface area contributed by atoms with E-state index in [4.69, 9.17) is 10.5 Å². The largest absolute Gasteiger partial charge is 0.488 e. The van der Waals surface area contributed by atoms with Gasteiger partial charge in [0, 0.05) is 13.0 Å². The van der Waals surface area contributed by atoms with Crippen molar-refractivity contribution in [3.05, 3.63) is 29.3 Å². The van der Waals surface area contributed by atoms with E-state index in [1.807, 2.05) is 0 Å². The molecule has 16 heavy (non-hydrogen) atoms. The molecular formula is C13H20N2O. The third-order valence-electron chi connectivity index (χ3n) is 2.89. The number of nitrogens with one attached hydrogen (secondary N) is 1. The number of hydrogen-bond donors (Lipinski definition) is 2. The van der Waals surface area contributed by atoms with Gasteiger partial charge in [0.1, 0.15) is 11.9 Å². The summed E-state index contributed by atoms with van der Waals surface area (Å²) in [6.45, 7) is 4.75. The fourth-order valence-corrected chi connectivity index (χ4v) is 2.05. The SMILES string of the molecule is Cc1ccc2c(c1)CC(CNCCCN)O2. The van der Waals surface area contributed by atoms with Gasteiger partial charge in [-0.05, 0) is 38.1 Å².